The lowest BCUT2D eigenvalue weighted by molar-refractivity contribution is -0.121. The van der Waals surface area contributed by atoms with Gasteiger partial charge in [-0.15, -0.1) is 11.3 Å². The number of hydrogen-bond donors (Lipinski definition) is 1. The zero-order valence-corrected chi connectivity index (χ0v) is 13.4. The van der Waals surface area contributed by atoms with Crippen LogP contribution in [-0.2, 0) is 11.3 Å². The third-order valence-corrected chi connectivity index (χ3v) is 4.27. The molecule has 0 saturated heterocycles. The zero-order valence-electron chi connectivity index (χ0n) is 11.0. The van der Waals surface area contributed by atoms with E-state index in [0.29, 0.717) is 19.6 Å². The molecule has 20 heavy (non-hydrogen) atoms. The predicted octanol–water partition coefficient (Wildman–Crippen LogP) is 3.99. The van der Waals surface area contributed by atoms with E-state index < -0.39 is 0 Å². The van der Waals surface area contributed by atoms with E-state index in [2.05, 4.69) is 21.2 Å². The Hall–Kier alpha value is -1.33. The average molecular weight is 354 g/mol. The summed E-state index contributed by atoms with van der Waals surface area (Å²) in [4.78, 5) is 12.8. The first-order valence-electron chi connectivity index (χ1n) is 6.43. The maximum atomic E-state index is 11.7. The highest BCUT2D eigenvalue weighted by molar-refractivity contribution is 9.11. The number of benzene rings is 1. The van der Waals surface area contributed by atoms with Crippen molar-refractivity contribution in [2.45, 2.75) is 19.4 Å². The molecular formula is C15H16BrNO2S. The molecule has 1 aromatic heterocycles. The smallest absolute Gasteiger partial charge is 0.220 e. The maximum Gasteiger partial charge on any atom is 0.220 e. The second-order valence-electron chi connectivity index (χ2n) is 4.25. The number of halogens is 1. The van der Waals surface area contributed by atoms with Crippen LogP contribution >= 0.6 is 27.3 Å². The van der Waals surface area contributed by atoms with E-state index in [9.17, 15) is 4.79 Å². The number of carbonyl (C=O) groups is 1. The molecule has 106 valence electrons. The van der Waals surface area contributed by atoms with Crippen molar-refractivity contribution >= 4 is 33.2 Å². The van der Waals surface area contributed by atoms with Crippen LogP contribution in [0, 0.1) is 0 Å². The lowest BCUT2D eigenvalue weighted by Crippen LogP contribution is -2.22. The number of hydrogen-bond acceptors (Lipinski definition) is 3. The molecule has 2 aromatic rings. The van der Waals surface area contributed by atoms with E-state index >= 15 is 0 Å². The number of nitrogens with one attached hydrogen (secondary N) is 1. The van der Waals surface area contributed by atoms with Crippen molar-refractivity contribution in [3.8, 4) is 5.75 Å². The van der Waals surface area contributed by atoms with Crippen LogP contribution in [0.2, 0.25) is 0 Å². The summed E-state index contributed by atoms with van der Waals surface area (Å²) >= 11 is 5.03. The average Bonchev–Trinajstić information content (AvgIpc) is 2.88. The van der Waals surface area contributed by atoms with E-state index in [1.54, 1.807) is 11.3 Å². The van der Waals surface area contributed by atoms with Crippen LogP contribution in [-0.4, -0.2) is 12.5 Å². The first-order valence-corrected chi connectivity index (χ1v) is 8.04. The first kappa shape index (κ1) is 15.1. The third-order valence-electron chi connectivity index (χ3n) is 2.65. The fourth-order valence-electron chi connectivity index (χ4n) is 1.66. The number of rotatable bonds is 7. The van der Waals surface area contributed by atoms with Crippen molar-refractivity contribution < 1.29 is 9.53 Å². The molecule has 1 amide bonds. The Morgan fingerprint density at radius 3 is 2.70 bits per heavy atom. The lowest BCUT2D eigenvalue weighted by atomic mass is 10.3. The fraction of sp³-hybridized carbons (Fsp3) is 0.267. The minimum Gasteiger partial charge on any atom is -0.494 e. The Labute approximate surface area is 131 Å². The van der Waals surface area contributed by atoms with Crippen LogP contribution in [0.5, 0.6) is 5.75 Å². The van der Waals surface area contributed by atoms with Gasteiger partial charge in [0.15, 0.2) is 0 Å². The van der Waals surface area contributed by atoms with Crippen molar-refractivity contribution in [2.75, 3.05) is 6.61 Å². The Kier molecular flexibility index (Phi) is 6.08. The molecule has 2 rings (SSSR count). The molecule has 1 aromatic carbocycles. The summed E-state index contributed by atoms with van der Waals surface area (Å²) in [5.74, 6) is 0.905. The number of para-hydroxylation sites is 1. The topological polar surface area (TPSA) is 38.3 Å². The number of carbonyl (C=O) groups excluding carboxylic acids is 1. The van der Waals surface area contributed by atoms with Gasteiger partial charge in [0.25, 0.3) is 0 Å². The Bertz CT molecular complexity index is 542. The predicted molar refractivity (Wildman–Crippen MR) is 85.0 cm³/mol. The number of amides is 1. The molecule has 3 nitrogen and oxygen atoms in total. The minimum absolute atomic E-state index is 0.0613. The zero-order chi connectivity index (χ0) is 14.2. The fourth-order valence-corrected chi connectivity index (χ4v) is 3.08. The normalized spacial score (nSPS) is 10.2. The second kappa shape index (κ2) is 8.07. The van der Waals surface area contributed by atoms with Crippen molar-refractivity contribution in [1.29, 1.82) is 0 Å². The second-order valence-corrected chi connectivity index (χ2v) is 6.80. The first-order chi connectivity index (χ1) is 9.74. The SMILES string of the molecule is O=C(CCCOc1ccccc1)NCc1ccc(Br)s1. The summed E-state index contributed by atoms with van der Waals surface area (Å²) in [6, 6.07) is 13.6. The quantitative estimate of drug-likeness (QED) is 0.764. The van der Waals surface area contributed by atoms with E-state index in [-0.39, 0.29) is 5.91 Å². The highest BCUT2D eigenvalue weighted by Gasteiger charge is 2.03. The Morgan fingerprint density at radius 2 is 2.00 bits per heavy atom. The molecule has 0 saturated carbocycles. The monoisotopic (exact) mass is 353 g/mol. The van der Waals surface area contributed by atoms with Gasteiger partial charge in [0.1, 0.15) is 5.75 Å². The molecule has 1 heterocycles. The van der Waals surface area contributed by atoms with Gasteiger partial charge in [-0.3, -0.25) is 4.79 Å². The molecule has 5 heteroatoms. The van der Waals surface area contributed by atoms with Crippen LogP contribution in [0.1, 0.15) is 17.7 Å². The van der Waals surface area contributed by atoms with Gasteiger partial charge < -0.3 is 10.1 Å². The highest BCUT2D eigenvalue weighted by Crippen LogP contribution is 2.21. The Morgan fingerprint density at radius 1 is 1.20 bits per heavy atom. The van der Waals surface area contributed by atoms with E-state index in [0.717, 1.165) is 20.8 Å². The molecule has 0 atom stereocenters. The van der Waals surface area contributed by atoms with Gasteiger partial charge in [-0.05, 0) is 46.6 Å². The number of ether oxygens (including phenoxy) is 1. The summed E-state index contributed by atoms with van der Waals surface area (Å²) < 4.78 is 6.62. The van der Waals surface area contributed by atoms with Crippen molar-refractivity contribution in [3.05, 3.63) is 51.1 Å². The van der Waals surface area contributed by atoms with E-state index in [1.165, 1.54) is 0 Å². The van der Waals surface area contributed by atoms with Crippen LogP contribution in [0.4, 0.5) is 0 Å². The lowest BCUT2D eigenvalue weighted by Gasteiger charge is -2.06. The molecule has 0 radical (unpaired) electrons. The summed E-state index contributed by atoms with van der Waals surface area (Å²) in [6.45, 7) is 1.15. The molecule has 0 fully saturated rings. The molecule has 0 aliphatic heterocycles. The van der Waals surface area contributed by atoms with Gasteiger partial charge in [0.05, 0.1) is 16.9 Å². The largest absolute Gasteiger partial charge is 0.494 e. The summed E-state index contributed by atoms with van der Waals surface area (Å²) in [5.41, 5.74) is 0. The van der Waals surface area contributed by atoms with Crippen molar-refractivity contribution in [2.24, 2.45) is 0 Å². The molecule has 0 bridgehead atoms. The Balaban J connectivity index is 1.58. The van der Waals surface area contributed by atoms with E-state index in [4.69, 9.17) is 4.74 Å². The molecule has 0 unspecified atom stereocenters. The van der Waals surface area contributed by atoms with Crippen LogP contribution in [0.15, 0.2) is 46.3 Å². The standard InChI is InChI=1S/C15H16BrNO2S/c16-14-9-8-13(20-14)11-17-15(18)7-4-10-19-12-5-2-1-3-6-12/h1-3,5-6,8-9H,4,7,10-11H2,(H,17,18). The van der Waals surface area contributed by atoms with Crippen molar-refractivity contribution in [1.82, 2.24) is 5.32 Å². The van der Waals surface area contributed by atoms with Crippen LogP contribution in [0.3, 0.4) is 0 Å². The molecule has 0 spiro atoms. The van der Waals surface area contributed by atoms with Gasteiger partial charge >= 0.3 is 0 Å². The van der Waals surface area contributed by atoms with Gasteiger partial charge in [-0.2, -0.15) is 0 Å². The highest BCUT2D eigenvalue weighted by atomic mass is 79.9. The van der Waals surface area contributed by atoms with Crippen LogP contribution in [0.25, 0.3) is 0 Å². The van der Waals surface area contributed by atoms with Crippen molar-refractivity contribution in [3.63, 3.8) is 0 Å². The summed E-state index contributed by atoms with van der Waals surface area (Å²) in [7, 11) is 0. The van der Waals surface area contributed by atoms with Gasteiger partial charge in [-0.1, -0.05) is 18.2 Å². The molecule has 0 aliphatic rings. The van der Waals surface area contributed by atoms with Gasteiger partial charge in [-0.25, -0.2) is 0 Å². The number of thiophene rings is 1. The minimum atomic E-state index is 0.0613. The van der Waals surface area contributed by atoms with Gasteiger partial charge in [0.2, 0.25) is 5.91 Å². The van der Waals surface area contributed by atoms with Gasteiger partial charge in [0, 0.05) is 11.3 Å². The third kappa shape index (κ3) is 5.35. The molecule has 1 N–H and O–H groups in total. The molecule has 0 aliphatic carbocycles. The maximum absolute atomic E-state index is 11.7. The molecular weight excluding hydrogens is 338 g/mol. The summed E-state index contributed by atoms with van der Waals surface area (Å²) in [5, 5.41) is 2.91. The van der Waals surface area contributed by atoms with Crippen LogP contribution < -0.4 is 10.1 Å². The van der Waals surface area contributed by atoms with E-state index in [1.807, 2.05) is 42.5 Å². The summed E-state index contributed by atoms with van der Waals surface area (Å²) in [6.07, 6.45) is 1.20.